The third-order valence-corrected chi connectivity index (χ3v) is 6.16. The fourth-order valence-corrected chi connectivity index (χ4v) is 3.78. The number of nitrogens with zero attached hydrogens (tertiary/aromatic N) is 2. The first-order chi connectivity index (χ1) is 14.5. The van der Waals surface area contributed by atoms with E-state index in [4.69, 9.17) is 9.11 Å². The van der Waals surface area contributed by atoms with Crippen molar-refractivity contribution in [2.75, 3.05) is 0 Å². The highest BCUT2D eigenvalue weighted by Gasteiger charge is 2.51. The molecule has 2 heterocycles. The molecule has 2 aliphatic heterocycles. The maximum absolute atomic E-state index is 11.8. The van der Waals surface area contributed by atoms with Gasteiger partial charge in [-0.05, 0) is 0 Å². The first kappa shape index (κ1) is 25.2. The summed E-state index contributed by atoms with van der Waals surface area (Å²) in [4.78, 5) is 78.4. The van der Waals surface area contributed by atoms with E-state index in [-0.39, 0.29) is 0 Å². The molecule has 178 valence electrons. The average molecular weight is 504 g/mol. The van der Waals surface area contributed by atoms with Gasteiger partial charge in [-0.1, -0.05) is 0 Å². The zero-order chi connectivity index (χ0) is 24.8. The molecule has 4 atom stereocenters. The van der Waals surface area contributed by atoms with Gasteiger partial charge in [0.05, 0.1) is 12.8 Å². The molecule has 2 fully saturated rings. The van der Waals surface area contributed by atoms with Crippen LogP contribution in [0.1, 0.15) is 12.8 Å². The molecular weight excluding hydrogens is 492 g/mol. The fraction of sp³-hybridized carbons (Fsp3) is 0.500. The zero-order valence-corrected chi connectivity index (χ0v) is 16.8. The van der Waals surface area contributed by atoms with Gasteiger partial charge in [0.25, 0.3) is 43.9 Å². The third kappa shape index (κ3) is 4.89. The highest BCUT2D eigenvalue weighted by atomic mass is 32.2. The van der Waals surface area contributed by atoms with Crippen molar-refractivity contribution in [3.05, 3.63) is 0 Å². The van der Waals surface area contributed by atoms with E-state index in [0.717, 1.165) is 0 Å². The lowest BCUT2D eigenvalue weighted by Gasteiger charge is -2.20. The number of carbonyl (C=O) groups excluding carboxylic acids is 6. The van der Waals surface area contributed by atoms with Crippen molar-refractivity contribution in [1.29, 1.82) is 0 Å². The van der Waals surface area contributed by atoms with E-state index < -0.39 is 101 Å². The van der Waals surface area contributed by atoms with Gasteiger partial charge in [0.15, 0.2) is 22.7 Å². The van der Waals surface area contributed by atoms with Crippen molar-refractivity contribution in [2.45, 2.75) is 35.5 Å². The van der Waals surface area contributed by atoms with E-state index in [9.17, 15) is 55.8 Å². The lowest BCUT2D eigenvalue weighted by molar-refractivity contribution is -0.216. The molecule has 20 heteroatoms. The Labute approximate surface area is 176 Å². The smallest absolute Gasteiger partial charge is 0.364 e. The van der Waals surface area contributed by atoms with Crippen molar-refractivity contribution in [3.63, 3.8) is 0 Å². The summed E-state index contributed by atoms with van der Waals surface area (Å²) < 4.78 is 61.7. The van der Waals surface area contributed by atoms with E-state index >= 15 is 0 Å². The van der Waals surface area contributed by atoms with Crippen LogP contribution in [0.15, 0.2) is 0 Å². The van der Waals surface area contributed by atoms with Gasteiger partial charge in [-0.25, -0.2) is 9.59 Å². The van der Waals surface area contributed by atoms with Gasteiger partial charge in [0.2, 0.25) is 0 Å². The van der Waals surface area contributed by atoms with Crippen LogP contribution in [-0.2, 0) is 58.7 Å². The number of hydrogen-bond acceptors (Lipinski definition) is 14. The fourth-order valence-electron chi connectivity index (χ4n) is 2.37. The van der Waals surface area contributed by atoms with Crippen LogP contribution in [0.3, 0.4) is 0 Å². The number of carbonyl (C=O) groups is 6. The number of aliphatic hydroxyl groups excluding tert-OH is 2. The monoisotopic (exact) mass is 504 g/mol. The van der Waals surface area contributed by atoms with Gasteiger partial charge in [-0.15, -0.1) is 10.1 Å². The van der Waals surface area contributed by atoms with Crippen LogP contribution in [0.2, 0.25) is 0 Å². The van der Waals surface area contributed by atoms with Crippen molar-refractivity contribution in [1.82, 2.24) is 10.1 Å². The molecule has 0 bridgehead atoms. The van der Waals surface area contributed by atoms with Gasteiger partial charge in [0, 0.05) is 0 Å². The quantitative estimate of drug-likeness (QED) is 0.186. The Balaban J connectivity index is 2.05. The topological polar surface area (TPSA) is 277 Å². The first-order valence-corrected chi connectivity index (χ1v) is 10.9. The number of imide groups is 2. The number of amides is 4. The van der Waals surface area contributed by atoms with Crippen molar-refractivity contribution in [2.24, 2.45) is 0 Å². The van der Waals surface area contributed by atoms with Crippen LogP contribution in [0.4, 0.5) is 0 Å². The summed E-state index contributed by atoms with van der Waals surface area (Å²) in [6, 6.07) is 0. The summed E-state index contributed by atoms with van der Waals surface area (Å²) in [6.45, 7) is 0. The van der Waals surface area contributed by atoms with E-state index in [1.54, 1.807) is 0 Å². The van der Waals surface area contributed by atoms with Crippen LogP contribution in [0.25, 0.3) is 0 Å². The lowest BCUT2D eigenvalue weighted by Crippen LogP contribution is -2.48. The Morgan fingerprint density at radius 1 is 0.750 bits per heavy atom. The molecule has 0 aromatic carbocycles. The summed E-state index contributed by atoms with van der Waals surface area (Å²) in [5, 5.41) is 13.8. The molecule has 18 nitrogen and oxygen atoms in total. The lowest BCUT2D eigenvalue weighted by atomic mass is 10.2. The molecule has 2 saturated heterocycles. The van der Waals surface area contributed by atoms with Crippen LogP contribution in [0, 0.1) is 0 Å². The second-order valence-electron chi connectivity index (χ2n) is 6.18. The summed E-state index contributed by atoms with van der Waals surface area (Å²) in [5.41, 5.74) is 0. The van der Waals surface area contributed by atoms with E-state index in [2.05, 4.69) is 9.68 Å². The molecule has 0 saturated carbocycles. The Morgan fingerprint density at radius 3 is 1.25 bits per heavy atom. The molecule has 4 unspecified atom stereocenters. The number of aliphatic hydroxyl groups is 2. The maximum atomic E-state index is 11.8. The van der Waals surface area contributed by atoms with Gasteiger partial charge in [-0.3, -0.25) is 28.3 Å². The Bertz CT molecular complexity index is 1020. The Morgan fingerprint density at radius 2 is 1.03 bits per heavy atom. The summed E-state index contributed by atoms with van der Waals surface area (Å²) >= 11 is 0. The standard InChI is InChI=1S/C12H12N2O16S2/c15-5-1-3(31(23,24)25)9(19)13(5)29-11(21)7(17)8(18)12(22)30-14-6(16)2-4(10(14)20)32(26,27)28/h3-4,7-8,17-18H,1-2H2,(H,23,24,25)(H,26,27,28). The molecule has 0 spiro atoms. The molecule has 2 aliphatic rings. The van der Waals surface area contributed by atoms with Crippen molar-refractivity contribution in [3.8, 4) is 0 Å². The van der Waals surface area contributed by atoms with Crippen LogP contribution < -0.4 is 0 Å². The highest BCUT2D eigenvalue weighted by molar-refractivity contribution is 7.87. The largest absolute Gasteiger partial charge is 0.379 e. The van der Waals surface area contributed by atoms with Crippen molar-refractivity contribution < 1.29 is 74.6 Å². The summed E-state index contributed by atoms with van der Waals surface area (Å²) in [6.07, 6.45) is -8.12. The Hall–Kier alpha value is -3.04. The van der Waals surface area contributed by atoms with Gasteiger partial charge < -0.3 is 19.9 Å². The average Bonchev–Trinajstić information content (AvgIpc) is 3.11. The molecule has 0 aromatic heterocycles. The van der Waals surface area contributed by atoms with Crippen molar-refractivity contribution >= 4 is 55.8 Å². The van der Waals surface area contributed by atoms with Gasteiger partial charge in [0.1, 0.15) is 0 Å². The minimum absolute atomic E-state index is 0.452. The molecule has 0 radical (unpaired) electrons. The normalized spacial score (nSPS) is 24.0. The molecule has 2 rings (SSSR count). The Kier molecular flexibility index (Phi) is 6.68. The molecular formula is C12H12N2O16S2. The van der Waals surface area contributed by atoms with Crippen LogP contribution >= 0.6 is 0 Å². The molecule has 4 amide bonds. The minimum atomic E-state index is -5.06. The molecule has 4 N–H and O–H groups in total. The SMILES string of the molecule is O=C(ON1C(=O)CC(S(=O)(=O)O)C1=O)C(O)C(O)C(=O)ON1C(=O)CC(S(=O)(=O)O)C1=O. The highest BCUT2D eigenvalue weighted by Crippen LogP contribution is 2.22. The number of rotatable bonds is 7. The number of hydrogen-bond donors (Lipinski definition) is 4. The van der Waals surface area contributed by atoms with Crippen LogP contribution in [0.5, 0.6) is 0 Å². The van der Waals surface area contributed by atoms with E-state index in [1.807, 2.05) is 0 Å². The van der Waals surface area contributed by atoms with E-state index in [1.165, 1.54) is 0 Å². The van der Waals surface area contributed by atoms with Gasteiger partial charge >= 0.3 is 11.9 Å². The zero-order valence-electron chi connectivity index (χ0n) is 15.1. The first-order valence-electron chi connectivity index (χ1n) is 7.92. The molecule has 0 aromatic rings. The van der Waals surface area contributed by atoms with Crippen LogP contribution in [-0.4, -0.2) is 105 Å². The number of hydroxylamine groups is 4. The third-order valence-electron chi connectivity index (χ3n) is 3.99. The minimum Gasteiger partial charge on any atom is -0.379 e. The summed E-state index contributed by atoms with van der Waals surface area (Å²) in [7, 11) is -10.1. The summed E-state index contributed by atoms with van der Waals surface area (Å²) in [5.74, 6) is -10.5. The predicted octanol–water partition coefficient (Wildman–Crippen LogP) is -5.34. The maximum Gasteiger partial charge on any atom is 0.364 e. The second kappa shape index (κ2) is 8.48. The molecule has 32 heavy (non-hydrogen) atoms. The van der Waals surface area contributed by atoms with Gasteiger partial charge in [-0.2, -0.15) is 16.8 Å². The molecule has 0 aliphatic carbocycles. The predicted molar refractivity (Wildman–Crippen MR) is 87.8 cm³/mol. The van der Waals surface area contributed by atoms with E-state index in [0.29, 0.717) is 0 Å². The second-order valence-corrected chi connectivity index (χ2v) is 9.38.